The fourth-order valence-corrected chi connectivity index (χ4v) is 1.57. The van der Waals surface area contributed by atoms with E-state index in [1.54, 1.807) is 20.8 Å². The van der Waals surface area contributed by atoms with E-state index in [-0.39, 0.29) is 32.6 Å². The molecule has 7 N–H and O–H groups in total. The van der Waals surface area contributed by atoms with Gasteiger partial charge in [-0.05, 0) is 39.5 Å². The van der Waals surface area contributed by atoms with Crippen LogP contribution in [0.4, 0.5) is 0 Å². The lowest BCUT2D eigenvalue weighted by Crippen LogP contribution is -2.20. The van der Waals surface area contributed by atoms with Gasteiger partial charge in [0.1, 0.15) is 0 Å². The molecule has 0 rings (SSSR count). The number of amides is 1. The van der Waals surface area contributed by atoms with E-state index in [1.807, 2.05) is 6.92 Å². The molecule has 0 bridgehead atoms. The number of carbonyl (C=O) groups is 2. The zero-order chi connectivity index (χ0) is 19.1. The Hall–Kier alpha value is -2.12. The smallest absolute Gasteiger partial charge is 0.306 e. The van der Waals surface area contributed by atoms with Crippen LogP contribution >= 0.6 is 0 Å². The molecule has 0 heterocycles. The van der Waals surface area contributed by atoms with Crippen LogP contribution in [-0.4, -0.2) is 41.7 Å². The van der Waals surface area contributed by atoms with Crippen molar-refractivity contribution in [1.82, 2.24) is 0 Å². The molecule has 26 heavy (non-hydrogen) atoms. The number of hydrogen-bond donors (Lipinski definition) is 4. The largest absolute Gasteiger partial charge is 0.481 e. The molecule has 0 aliphatic rings. The van der Waals surface area contributed by atoms with Gasteiger partial charge in [-0.3, -0.25) is 19.6 Å². The summed E-state index contributed by atoms with van der Waals surface area (Å²) in [6.45, 7) is 8.29. The van der Waals surface area contributed by atoms with Gasteiger partial charge in [0, 0.05) is 19.0 Å². The molecule has 0 saturated heterocycles. The van der Waals surface area contributed by atoms with Crippen LogP contribution in [0.3, 0.4) is 0 Å². The van der Waals surface area contributed by atoms with Crippen molar-refractivity contribution in [3.63, 3.8) is 0 Å². The van der Waals surface area contributed by atoms with E-state index in [0.29, 0.717) is 31.2 Å². The highest BCUT2D eigenvalue weighted by Crippen LogP contribution is 2.05. The van der Waals surface area contributed by atoms with E-state index in [9.17, 15) is 9.59 Å². The van der Waals surface area contributed by atoms with Crippen LogP contribution in [0.2, 0.25) is 0 Å². The zero-order valence-electron chi connectivity index (χ0n) is 15.3. The predicted molar refractivity (Wildman–Crippen MR) is 111 cm³/mol. The Bertz CT molecular complexity index is 389. The monoisotopic (exact) mass is 375 g/mol. The number of nitrogens with two attached hydrogens (primary N) is 3. The third kappa shape index (κ3) is 24.1. The van der Waals surface area contributed by atoms with Crippen molar-refractivity contribution < 1.29 is 14.7 Å². The SMILES string of the molecule is C.C.CC(N)=NCCC[C@H](C)C(=O)O.CC(N)=NCCC[C@H](C)C(N)=O. The van der Waals surface area contributed by atoms with Crippen LogP contribution in [-0.2, 0) is 9.59 Å². The Morgan fingerprint density at radius 1 is 0.846 bits per heavy atom. The lowest BCUT2D eigenvalue weighted by molar-refractivity contribution is -0.141. The number of nitrogens with zero attached hydrogens (tertiary/aromatic N) is 2. The minimum absolute atomic E-state index is 0. The molecule has 0 aromatic rings. The summed E-state index contributed by atoms with van der Waals surface area (Å²) in [5.41, 5.74) is 15.7. The van der Waals surface area contributed by atoms with Crippen LogP contribution in [0, 0.1) is 11.8 Å². The summed E-state index contributed by atoms with van der Waals surface area (Å²) < 4.78 is 0. The first kappa shape index (κ1) is 31.6. The Morgan fingerprint density at radius 3 is 1.46 bits per heavy atom. The molecule has 1 amide bonds. The van der Waals surface area contributed by atoms with Crippen molar-refractivity contribution >= 4 is 23.5 Å². The van der Waals surface area contributed by atoms with Crippen molar-refractivity contribution in [2.75, 3.05) is 13.1 Å². The minimum Gasteiger partial charge on any atom is -0.481 e. The first-order chi connectivity index (χ1) is 11.1. The molecule has 0 radical (unpaired) electrons. The average Bonchev–Trinajstić information content (AvgIpc) is 2.47. The summed E-state index contributed by atoms with van der Waals surface area (Å²) in [4.78, 5) is 28.9. The van der Waals surface area contributed by atoms with Gasteiger partial charge < -0.3 is 22.3 Å². The Labute approximate surface area is 159 Å². The fraction of sp³-hybridized carbons (Fsp3) is 0.778. The maximum Gasteiger partial charge on any atom is 0.306 e. The number of amidine groups is 2. The van der Waals surface area contributed by atoms with Crippen LogP contribution in [0.25, 0.3) is 0 Å². The second-order valence-corrected chi connectivity index (χ2v) is 5.87. The summed E-state index contributed by atoms with van der Waals surface area (Å²) >= 11 is 0. The van der Waals surface area contributed by atoms with Crippen molar-refractivity contribution in [3.8, 4) is 0 Å². The molecule has 8 heteroatoms. The Balaban J connectivity index is -0.000000173. The number of aliphatic carboxylic acids is 1. The standard InChI is InChI=1S/C8H17N3O.C8H16N2O2.2CH4/c1-6(8(10)12)4-3-5-11-7(2)9;1-6(8(11)12)4-3-5-10-7(2)9;;/h6H,3-5H2,1-2H3,(H2,9,11)(H2,10,12);6H,3-5H2,1-2H3,(H2,9,10)(H,11,12);2*1H4/t2*6-;;/m00../s1. The lowest BCUT2D eigenvalue weighted by Gasteiger charge is -2.04. The number of primary amides is 1. The van der Waals surface area contributed by atoms with Crippen LogP contribution in [0.5, 0.6) is 0 Å². The quantitative estimate of drug-likeness (QED) is 0.262. The molecular weight excluding hydrogens is 334 g/mol. The first-order valence-electron chi connectivity index (χ1n) is 8.13. The average molecular weight is 376 g/mol. The molecule has 0 unspecified atom stereocenters. The van der Waals surface area contributed by atoms with Gasteiger partial charge in [-0.15, -0.1) is 0 Å². The number of aliphatic imine (C=N–C) groups is 2. The normalized spacial score (nSPS) is 13.2. The van der Waals surface area contributed by atoms with Gasteiger partial charge in [-0.25, -0.2) is 0 Å². The predicted octanol–water partition coefficient (Wildman–Crippen LogP) is 2.40. The van der Waals surface area contributed by atoms with E-state index in [2.05, 4.69) is 9.98 Å². The highest BCUT2D eigenvalue weighted by atomic mass is 16.4. The fourth-order valence-electron chi connectivity index (χ4n) is 1.57. The Morgan fingerprint density at radius 2 is 1.19 bits per heavy atom. The molecule has 0 aromatic carbocycles. The summed E-state index contributed by atoms with van der Waals surface area (Å²) in [6, 6.07) is 0. The number of hydrogen-bond acceptors (Lipinski definition) is 4. The number of carboxylic acid groups (broad SMARTS) is 1. The van der Waals surface area contributed by atoms with E-state index in [1.165, 1.54) is 0 Å². The molecule has 2 atom stereocenters. The van der Waals surface area contributed by atoms with Crippen molar-refractivity contribution in [3.05, 3.63) is 0 Å². The van der Waals surface area contributed by atoms with Gasteiger partial charge in [0.15, 0.2) is 0 Å². The summed E-state index contributed by atoms with van der Waals surface area (Å²) in [7, 11) is 0. The summed E-state index contributed by atoms with van der Waals surface area (Å²) in [6.07, 6.45) is 3.08. The molecule has 0 fully saturated rings. The highest BCUT2D eigenvalue weighted by Gasteiger charge is 2.09. The zero-order valence-corrected chi connectivity index (χ0v) is 15.3. The van der Waals surface area contributed by atoms with E-state index in [4.69, 9.17) is 22.3 Å². The van der Waals surface area contributed by atoms with Crippen molar-refractivity contribution in [2.45, 2.75) is 68.2 Å². The molecule has 0 aromatic heterocycles. The van der Waals surface area contributed by atoms with Gasteiger partial charge >= 0.3 is 5.97 Å². The third-order valence-corrected chi connectivity index (χ3v) is 3.22. The molecule has 8 nitrogen and oxygen atoms in total. The number of carboxylic acids is 1. The molecular formula is C18H41N5O3. The van der Waals surface area contributed by atoms with Gasteiger partial charge in [-0.1, -0.05) is 28.7 Å². The maximum absolute atomic E-state index is 10.6. The topological polar surface area (TPSA) is 157 Å². The lowest BCUT2D eigenvalue weighted by atomic mass is 10.1. The second kappa shape index (κ2) is 19.2. The van der Waals surface area contributed by atoms with Gasteiger partial charge in [-0.2, -0.15) is 0 Å². The van der Waals surface area contributed by atoms with Gasteiger partial charge in [0.25, 0.3) is 0 Å². The number of carbonyl (C=O) groups excluding carboxylic acids is 1. The second-order valence-electron chi connectivity index (χ2n) is 5.87. The molecule has 0 aliphatic carbocycles. The number of rotatable bonds is 10. The van der Waals surface area contributed by atoms with Crippen LogP contribution in [0.15, 0.2) is 9.98 Å². The van der Waals surface area contributed by atoms with Crippen molar-refractivity contribution in [2.24, 2.45) is 39.0 Å². The minimum atomic E-state index is -0.747. The molecule has 156 valence electrons. The summed E-state index contributed by atoms with van der Waals surface area (Å²) in [5.74, 6) is -0.192. The van der Waals surface area contributed by atoms with E-state index in [0.717, 1.165) is 19.3 Å². The van der Waals surface area contributed by atoms with Gasteiger partial charge in [0.2, 0.25) is 5.91 Å². The van der Waals surface area contributed by atoms with Crippen molar-refractivity contribution in [1.29, 1.82) is 0 Å². The molecule has 0 aliphatic heterocycles. The van der Waals surface area contributed by atoms with E-state index < -0.39 is 5.97 Å². The summed E-state index contributed by atoms with van der Waals surface area (Å²) in [5, 5.41) is 8.53. The third-order valence-electron chi connectivity index (χ3n) is 3.22. The molecule has 0 saturated carbocycles. The van der Waals surface area contributed by atoms with Crippen LogP contribution in [0.1, 0.15) is 68.2 Å². The maximum atomic E-state index is 10.6. The van der Waals surface area contributed by atoms with Gasteiger partial charge in [0.05, 0.1) is 17.6 Å². The van der Waals surface area contributed by atoms with Crippen LogP contribution < -0.4 is 17.2 Å². The van der Waals surface area contributed by atoms with E-state index >= 15 is 0 Å². The Kier molecular flexibility index (Phi) is 23.4. The first-order valence-corrected chi connectivity index (χ1v) is 8.13. The highest BCUT2D eigenvalue weighted by molar-refractivity contribution is 5.77. The molecule has 0 spiro atoms.